The van der Waals surface area contributed by atoms with E-state index in [9.17, 15) is 4.39 Å². The predicted octanol–water partition coefficient (Wildman–Crippen LogP) is 3.14. The molecule has 1 unspecified atom stereocenters. The van der Waals surface area contributed by atoms with Crippen LogP contribution in [0.3, 0.4) is 0 Å². The summed E-state index contributed by atoms with van der Waals surface area (Å²) in [5.74, 6) is 0.332. The number of nitrogens with one attached hydrogen (secondary N) is 1. The number of hydrogen-bond donors (Lipinski definition) is 1. The van der Waals surface area contributed by atoms with Crippen LogP contribution < -0.4 is 5.32 Å². The second kappa shape index (κ2) is 6.37. The van der Waals surface area contributed by atoms with Crippen molar-refractivity contribution in [3.8, 4) is 0 Å². The Morgan fingerprint density at radius 3 is 2.90 bits per heavy atom. The van der Waals surface area contributed by atoms with Gasteiger partial charge >= 0.3 is 0 Å². The van der Waals surface area contributed by atoms with Crippen LogP contribution in [0.4, 0.5) is 4.39 Å². The van der Waals surface area contributed by atoms with Crippen LogP contribution in [0.25, 0.3) is 0 Å². The topological polar surface area (TPSA) is 15.3 Å². The van der Waals surface area contributed by atoms with E-state index < -0.39 is 0 Å². The third kappa shape index (κ3) is 3.49. The van der Waals surface area contributed by atoms with E-state index in [-0.39, 0.29) is 5.82 Å². The molecule has 1 aliphatic rings. The molecule has 0 fully saturated rings. The fourth-order valence-electron chi connectivity index (χ4n) is 3.14. The quantitative estimate of drug-likeness (QED) is 0.928. The highest BCUT2D eigenvalue weighted by Crippen LogP contribution is 2.24. The van der Waals surface area contributed by atoms with Gasteiger partial charge in [0.2, 0.25) is 0 Å². The molecule has 1 heterocycles. The summed E-state index contributed by atoms with van der Waals surface area (Å²) in [6.07, 6.45) is 0. The summed E-state index contributed by atoms with van der Waals surface area (Å²) in [7, 11) is 2.10. The molecular weight excluding hydrogens is 263 g/mol. The van der Waals surface area contributed by atoms with Crippen LogP contribution in [-0.4, -0.2) is 25.0 Å². The van der Waals surface area contributed by atoms with E-state index in [0.717, 1.165) is 31.7 Å². The van der Waals surface area contributed by atoms with Gasteiger partial charge in [-0.05, 0) is 35.9 Å². The van der Waals surface area contributed by atoms with Gasteiger partial charge in [0.1, 0.15) is 5.82 Å². The van der Waals surface area contributed by atoms with Crippen molar-refractivity contribution in [3.63, 3.8) is 0 Å². The van der Waals surface area contributed by atoms with E-state index in [0.29, 0.717) is 5.92 Å². The van der Waals surface area contributed by atoms with Crippen molar-refractivity contribution in [2.75, 3.05) is 20.1 Å². The first-order valence-electron chi connectivity index (χ1n) is 7.44. The fraction of sp³-hybridized carbons (Fsp3) is 0.333. The third-order valence-electron chi connectivity index (χ3n) is 4.07. The number of benzene rings is 2. The number of hydrogen-bond acceptors (Lipinski definition) is 2. The van der Waals surface area contributed by atoms with E-state index in [2.05, 4.69) is 41.5 Å². The van der Waals surface area contributed by atoms with Gasteiger partial charge in [-0.15, -0.1) is 0 Å². The van der Waals surface area contributed by atoms with Crippen LogP contribution in [0.1, 0.15) is 22.6 Å². The van der Waals surface area contributed by atoms with Gasteiger partial charge in [-0.25, -0.2) is 4.39 Å². The maximum absolute atomic E-state index is 13.2. The number of rotatable bonds is 4. The van der Waals surface area contributed by atoms with E-state index in [4.69, 9.17) is 0 Å². The maximum atomic E-state index is 13.2. The van der Waals surface area contributed by atoms with Crippen LogP contribution in [0.5, 0.6) is 0 Å². The normalized spacial score (nSPS) is 17.8. The first-order valence-corrected chi connectivity index (χ1v) is 7.44. The molecular formula is C18H21FN2. The van der Waals surface area contributed by atoms with E-state index >= 15 is 0 Å². The Morgan fingerprint density at radius 1 is 1.19 bits per heavy atom. The smallest absolute Gasteiger partial charge is 0.123 e. The molecule has 2 aromatic carbocycles. The molecule has 1 N–H and O–H groups in total. The molecule has 0 amide bonds. The Labute approximate surface area is 125 Å². The zero-order valence-electron chi connectivity index (χ0n) is 12.3. The molecule has 1 atom stereocenters. The molecule has 0 radical (unpaired) electrons. The van der Waals surface area contributed by atoms with Gasteiger partial charge in [0, 0.05) is 32.1 Å². The highest BCUT2D eigenvalue weighted by Gasteiger charge is 2.20. The standard InChI is InChI=1S/C18H21FN2/c1-21(12-14-5-4-7-17(19)9-14)13-16-11-20-10-15-6-2-3-8-18(15)16/h2-9,16,20H,10-13H2,1H3. The van der Waals surface area contributed by atoms with Crippen molar-refractivity contribution in [1.29, 1.82) is 0 Å². The second-order valence-corrected chi connectivity index (χ2v) is 5.85. The molecule has 2 aromatic rings. The Hall–Kier alpha value is -1.71. The summed E-state index contributed by atoms with van der Waals surface area (Å²) < 4.78 is 13.2. The second-order valence-electron chi connectivity index (χ2n) is 5.85. The molecule has 0 aromatic heterocycles. The van der Waals surface area contributed by atoms with Gasteiger partial charge in [-0.3, -0.25) is 0 Å². The Morgan fingerprint density at radius 2 is 2.05 bits per heavy atom. The average Bonchev–Trinajstić information content (AvgIpc) is 2.47. The zero-order valence-corrected chi connectivity index (χ0v) is 12.3. The van der Waals surface area contributed by atoms with E-state index in [1.165, 1.54) is 17.2 Å². The van der Waals surface area contributed by atoms with Crippen LogP contribution in [-0.2, 0) is 13.1 Å². The Balaban J connectivity index is 1.67. The first kappa shape index (κ1) is 14.2. The number of nitrogens with zero attached hydrogens (tertiary/aromatic N) is 1. The average molecular weight is 284 g/mol. The number of fused-ring (bicyclic) bond motifs is 1. The fourth-order valence-corrected chi connectivity index (χ4v) is 3.14. The predicted molar refractivity (Wildman–Crippen MR) is 83.6 cm³/mol. The first-order chi connectivity index (χ1) is 10.2. The van der Waals surface area contributed by atoms with Crippen molar-refractivity contribution in [1.82, 2.24) is 10.2 Å². The molecule has 3 rings (SSSR count). The van der Waals surface area contributed by atoms with Crippen LogP contribution in [0.15, 0.2) is 48.5 Å². The van der Waals surface area contributed by atoms with Crippen molar-refractivity contribution < 1.29 is 4.39 Å². The minimum Gasteiger partial charge on any atom is -0.312 e. The van der Waals surface area contributed by atoms with E-state index in [1.54, 1.807) is 12.1 Å². The summed E-state index contributed by atoms with van der Waals surface area (Å²) in [5.41, 5.74) is 3.87. The lowest BCUT2D eigenvalue weighted by molar-refractivity contribution is 0.293. The summed E-state index contributed by atoms with van der Waals surface area (Å²) in [6.45, 7) is 3.71. The van der Waals surface area contributed by atoms with Crippen LogP contribution >= 0.6 is 0 Å². The molecule has 110 valence electrons. The SMILES string of the molecule is CN(Cc1cccc(F)c1)CC1CNCc2ccccc21. The van der Waals surface area contributed by atoms with Crippen molar-refractivity contribution >= 4 is 0 Å². The Bertz CT molecular complexity index is 612. The minimum absolute atomic E-state index is 0.162. The maximum Gasteiger partial charge on any atom is 0.123 e. The lowest BCUT2D eigenvalue weighted by atomic mass is 9.90. The lowest BCUT2D eigenvalue weighted by Gasteiger charge is -2.30. The lowest BCUT2D eigenvalue weighted by Crippen LogP contribution is -2.35. The monoisotopic (exact) mass is 284 g/mol. The number of halogens is 1. The molecule has 0 bridgehead atoms. The molecule has 0 saturated carbocycles. The summed E-state index contributed by atoms with van der Waals surface area (Å²) in [6, 6.07) is 15.5. The van der Waals surface area contributed by atoms with Crippen LogP contribution in [0.2, 0.25) is 0 Å². The molecule has 0 aliphatic carbocycles. The summed E-state index contributed by atoms with van der Waals surface area (Å²) >= 11 is 0. The summed E-state index contributed by atoms with van der Waals surface area (Å²) in [5, 5.41) is 3.48. The Kier molecular flexibility index (Phi) is 4.32. The van der Waals surface area contributed by atoms with Gasteiger partial charge in [0.15, 0.2) is 0 Å². The minimum atomic E-state index is -0.162. The van der Waals surface area contributed by atoms with Crippen molar-refractivity contribution in [2.24, 2.45) is 0 Å². The van der Waals surface area contributed by atoms with Crippen molar-refractivity contribution in [2.45, 2.75) is 19.0 Å². The molecule has 21 heavy (non-hydrogen) atoms. The molecule has 2 nitrogen and oxygen atoms in total. The molecule has 0 saturated heterocycles. The molecule has 1 aliphatic heterocycles. The highest BCUT2D eigenvalue weighted by atomic mass is 19.1. The zero-order chi connectivity index (χ0) is 14.7. The van der Waals surface area contributed by atoms with Gasteiger partial charge in [0.25, 0.3) is 0 Å². The van der Waals surface area contributed by atoms with Gasteiger partial charge < -0.3 is 10.2 Å². The number of likely N-dealkylation sites (N-methyl/N-ethyl adjacent to an activating group) is 1. The van der Waals surface area contributed by atoms with Gasteiger partial charge in [-0.2, -0.15) is 0 Å². The van der Waals surface area contributed by atoms with E-state index in [1.807, 2.05) is 6.07 Å². The van der Waals surface area contributed by atoms with Crippen molar-refractivity contribution in [3.05, 3.63) is 71.0 Å². The van der Waals surface area contributed by atoms with Crippen LogP contribution in [0, 0.1) is 5.82 Å². The van der Waals surface area contributed by atoms with Gasteiger partial charge in [0.05, 0.1) is 0 Å². The largest absolute Gasteiger partial charge is 0.312 e. The third-order valence-corrected chi connectivity index (χ3v) is 4.07. The highest BCUT2D eigenvalue weighted by molar-refractivity contribution is 5.33. The molecule has 0 spiro atoms. The van der Waals surface area contributed by atoms with Gasteiger partial charge in [-0.1, -0.05) is 36.4 Å². The molecule has 3 heteroatoms. The summed E-state index contributed by atoms with van der Waals surface area (Å²) in [4.78, 5) is 2.27.